The molecule has 0 aromatic carbocycles. The Balaban J connectivity index is 2.57. The van der Waals surface area contributed by atoms with Gasteiger partial charge in [-0.2, -0.15) is 0 Å². The smallest absolute Gasteiger partial charge is 0.334 e. The number of carboxylic acid groups (broad SMARTS) is 2. The van der Waals surface area contributed by atoms with Crippen LogP contribution in [0.15, 0.2) is 0 Å². The third kappa shape index (κ3) is 2.35. The molecule has 1 atom stereocenters. The zero-order valence-electron chi connectivity index (χ0n) is 6.95. The van der Waals surface area contributed by atoms with Gasteiger partial charge in [-0.1, -0.05) is 0 Å². The number of carbonyl (C=O) groups is 2. The number of nitrogens with one attached hydrogen (secondary N) is 1. The summed E-state index contributed by atoms with van der Waals surface area (Å²) in [5, 5.41) is 20.2. The van der Waals surface area contributed by atoms with Gasteiger partial charge in [0.05, 0.1) is 5.75 Å². The highest BCUT2D eigenvalue weighted by atomic mass is 32.2. The van der Waals surface area contributed by atoms with Gasteiger partial charge in [-0.25, -0.2) is 4.79 Å². The topological polar surface area (TPSA) is 86.6 Å². The Bertz CT molecular complexity index is 225. The molecule has 0 unspecified atom stereocenters. The fourth-order valence-corrected chi connectivity index (χ4v) is 2.25. The van der Waals surface area contributed by atoms with Crippen molar-refractivity contribution in [3.05, 3.63) is 0 Å². The van der Waals surface area contributed by atoms with Crippen LogP contribution >= 0.6 is 11.8 Å². The maximum Gasteiger partial charge on any atom is 0.334 e. The van der Waals surface area contributed by atoms with Gasteiger partial charge in [0.2, 0.25) is 0 Å². The summed E-state index contributed by atoms with van der Waals surface area (Å²) >= 11 is 0.937. The number of carboxylic acids is 2. The molecule has 1 rings (SSSR count). The summed E-state index contributed by atoms with van der Waals surface area (Å²) in [6.07, 6.45) is 1.26. The highest BCUT2D eigenvalue weighted by Crippen LogP contribution is 2.31. The normalized spacial score (nSPS) is 27.4. The van der Waals surface area contributed by atoms with E-state index < -0.39 is 16.8 Å². The molecule has 0 spiro atoms. The first-order chi connectivity index (χ1) is 6.07. The number of thioether (sulfide) groups is 1. The molecular formula is C7H11NO4S. The van der Waals surface area contributed by atoms with Crippen LogP contribution in [0, 0.1) is 0 Å². The predicted octanol–water partition coefficient (Wildman–Crippen LogP) is -0.0315. The molecule has 74 valence electrons. The maximum atomic E-state index is 10.9. The van der Waals surface area contributed by atoms with Crippen LogP contribution in [-0.2, 0) is 9.59 Å². The Labute approximate surface area is 79.5 Å². The minimum Gasteiger partial charge on any atom is -0.481 e. The fourth-order valence-electron chi connectivity index (χ4n) is 1.27. The van der Waals surface area contributed by atoms with Gasteiger partial charge < -0.3 is 10.2 Å². The lowest BCUT2D eigenvalue weighted by Gasteiger charge is -2.22. The molecule has 0 radical (unpaired) electrons. The largest absolute Gasteiger partial charge is 0.481 e. The molecule has 0 aromatic rings. The molecule has 0 amide bonds. The van der Waals surface area contributed by atoms with Crippen molar-refractivity contribution in [3.8, 4) is 0 Å². The number of hydrogen-bond acceptors (Lipinski definition) is 4. The number of aliphatic carboxylic acids is 2. The first kappa shape index (κ1) is 10.3. The first-order valence-corrected chi connectivity index (χ1v) is 4.89. The van der Waals surface area contributed by atoms with E-state index in [4.69, 9.17) is 10.2 Å². The van der Waals surface area contributed by atoms with E-state index in [1.54, 1.807) is 0 Å². The molecule has 0 aliphatic carbocycles. The van der Waals surface area contributed by atoms with Crippen LogP contribution in [-0.4, -0.2) is 39.3 Å². The molecule has 1 fully saturated rings. The van der Waals surface area contributed by atoms with Gasteiger partial charge in [0.15, 0.2) is 4.87 Å². The summed E-state index contributed by atoms with van der Waals surface area (Å²) < 4.78 is 0. The SMILES string of the molecule is O=C(O)CS[C@@]1(C(=O)O)CCCN1. The second-order valence-corrected chi connectivity index (χ2v) is 4.12. The van der Waals surface area contributed by atoms with Crippen LogP contribution in [0.4, 0.5) is 0 Å². The third-order valence-electron chi connectivity index (χ3n) is 1.90. The maximum absolute atomic E-state index is 10.9. The highest BCUT2D eigenvalue weighted by molar-refractivity contribution is 8.01. The quantitative estimate of drug-likeness (QED) is 0.597. The molecule has 1 heterocycles. The summed E-state index contributed by atoms with van der Waals surface area (Å²) in [5.74, 6) is -2.14. The van der Waals surface area contributed by atoms with Gasteiger partial charge in [-0.05, 0) is 19.4 Å². The van der Waals surface area contributed by atoms with Crippen LogP contribution in [0.2, 0.25) is 0 Å². The molecule has 0 bridgehead atoms. The minimum absolute atomic E-state index is 0.181. The fraction of sp³-hybridized carbons (Fsp3) is 0.714. The molecule has 5 nitrogen and oxygen atoms in total. The van der Waals surface area contributed by atoms with Gasteiger partial charge in [0, 0.05) is 0 Å². The van der Waals surface area contributed by atoms with Crippen molar-refractivity contribution < 1.29 is 19.8 Å². The van der Waals surface area contributed by atoms with Gasteiger partial charge >= 0.3 is 11.9 Å². The molecule has 13 heavy (non-hydrogen) atoms. The summed E-state index contributed by atoms with van der Waals surface area (Å²) in [6.45, 7) is 0.638. The van der Waals surface area contributed by atoms with E-state index in [0.29, 0.717) is 13.0 Å². The van der Waals surface area contributed by atoms with E-state index in [1.165, 1.54) is 0 Å². The van der Waals surface area contributed by atoms with Gasteiger partial charge in [-0.15, -0.1) is 11.8 Å². The average molecular weight is 205 g/mol. The highest BCUT2D eigenvalue weighted by Gasteiger charge is 2.42. The molecule has 3 N–H and O–H groups in total. The van der Waals surface area contributed by atoms with Crippen molar-refractivity contribution in [2.24, 2.45) is 0 Å². The van der Waals surface area contributed by atoms with E-state index >= 15 is 0 Å². The Morgan fingerprint density at radius 1 is 1.46 bits per heavy atom. The molecular weight excluding hydrogens is 194 g/mol. The van der Waals surface area contributed by atoms with Crippen molar-refractivity contribution in [3.63, 3.8) is 0 Å². The van der Waals surface area contributed by atoms with Crippen LogP contribution in [0.5, 0.6) is 0 Å². The Hall–Kier alpha value is -0.750. The van der Waals surface area contributed by atoms with Crippen molar-refractivity contribution >= 4 is 23.7 Å². The Morgan fingerprint density at radius 3 is 2.54 bits per heavy atom. The minimum atomic E-state index is -1.07. The summed E-state index contributed by atoms with van der Waals surface area (Å²) in [5.41, 5.74) is 0. The standard InChI is InChI=1S/C7H11NO4S/c9-5(10)4-13-7(6(11)12)2-1-3-8-7/h8H,1-4H2,(H,9,10)(H,11,12)/t7-/m1/s1. The van der Waals surface area contributed by atoms with Crippen molar-refractivity contribution in [1.82, 2.24) is 5.32 Å². The lowest BCUT2D eigenvalue weighted by Crippen LogP contribution is -2.45. The van der Waals surface area contributed by atoms with Crippen LogP contribution in [0.25, 0.3) is 0 Å². The van der Waals surface area contributed by atoms with E-state index in [1.807, 2.05) is 0 Å². The Kier molecular flexibility index (Phi) is 3.16. The lowest BCUT2D eigenvalue weighted by atomic mass is 10.2. The van der Waals surface area contributed by atoms with E-state index in [-0.39, 0.29) is 5.75 Å². The molecule has 1 aliphatic heterocycles. The van der Waals surface area contributed by atoms with Crippen molar-refractivity contribution in [2.75, 3.05) is 12.3 Å². The second-order valence-electron chi connectivity index (χ2n) is 2.84. The number of rotatable bonds is 4. The second kappa shape index (κ2) is 3.97. The summed E-state index contributed by atoms with van der Waals surface area (Å²) in [6, 6.07) is 0. The molecule has 1 aliphatic rings. The van der Waals surface area contributed by atoms with Crippen LogP contribution in [0.3, 0.4) is 0 Å². The molecule has 6 heteroatoms. The average Bonchev–Trinajstić information content (AvgIpc) is 2.50. The van der Waals surface area contributed by atoms with Crippen molar-refractivity contribution in [1.29, 1.82) is 0 Å². The monoisotopic (exact) mass is 205 g/mol. The van der Waals surface area contributed by atoms with E-state index in [2.05, 4.69) is 5.32 Å². The first-order valence-electron chi connectivity index (χ1n) is 3.91. The molecule has 1 saturated heterocycles. The number of hydrogen-bond donors (Lipinski definition) is 3. The zero-order chi connectivity index (χ0) is 9.90. The third-order valence-corrected chi connectivity index (χ3v) is 3.31. The van der Waals surface area contributed by atoms with Crippen LogP contribution in [0.1, 0.15) is 12.8 Å². The molecule has 0 saturated carbocycles. The van der Waals surface area contributed by atoms with Crippen LogP contribution < -0.4 is 5.32 Å². The van der Waals surface area contributed by atoms with E-state index in [0.717, 1.165) is 18.2 Å². The lowest BCUT2D eigenvalue weighted by molar-refractivity contribution is -0.140. The summed E-state index contributed by atoms with van der Waals surface area (Å²) in [4.78, 5) is 20.1. The summed E-state index contributed by atoms with van der Waals surface area (Å²) in [7, 11) is 0. The molecule has 0 aromatic heterocycles. The van der Waals surface area contributed by atoms with Gasteiger partial charge in [0.1, 0.15) is 0 Å². The van der Waals surface area contributed by atoms with Gasteiger partial charge in [-0.3, -0.25) is 10.1 Å². The van der Waals surface area contributed by atoms with E-state index in [9.17, 15) is 9.59 Å². The predicted molar refractivity (Wildman–Crippen MR) is 47.7 cm³/mol. The van der Waals surface area contributed by atoms with Crippen molar-refractivity contribution in [2.45, 2.75) is 17.7 Å². The zero-order valence-corrected chi connectivity index (χ0v) is 7.76. The van der Waals surface area contributed by atoms with Gasteiger partial charge in [0.25, 0.3) is 0 Å². The Morgan fingerprint density at radius 2 is 2.15 bits per heavy atom.